The molecule has 1 N–H and O–H groups in total. The number of ether oxygens (including phenoxy) is 1. The highest BCUT2D eigenvalue weighted by Gasteiger charge is 2.24. The van der Waals surface area contributed by atoms with E-state index < -0.39 is 11.1 Å². The van der Waals surface area contributed by atoms with Crippen LogP contribution in [0.1, 0.15) is 60.3 Å². The van der Waals surface area contributed by atoms with Crippen molar-refractivity contribution in [2.75, 3.05) is 5.32 Å². The van der Waals surface area contributed by atoms with Crippen LogP contribution in [0, 0.1) is 11.7 Å². The third-order valence-corrected chi connectivity index (χ3v) is 6.04. The molecule has 0 spiro atoms. The van der Waals surface area contributed by atoms with E-state index in [4.69, 9.17) is 16.3 Å². The summed E-state index contributed by atoms with van der Waals surface area (Å²) in [5.41, 5.74) is 0.0674. The van der Waals surface area contributed by atoms with Crippen molar-refractivity contribution in [3.8, 4) is 0 Å². The monoisotopic (exact) mass is 417 g/mol. The predicted molar refractivity (Wildman–Crippen MR) is 110 cm³/mol. The minimum atomic E-state index is -0.602. The van der Waals surface area contributed by atoms with Gasteiger partial charge in [-0.05, 0) is 38.3 Å². The van der Waals surface area contributed by atoms with E-state index in [1.807, 2.05) is 27.7 Å². The number of amides is 1. The van der Waals surface area contributed by atoms with Gasteiger partial charge in [0.25, 0.3) is 0 Å². The lowest BCUT2D eigenvalue weighted by atomic mass is 10.1. The fourth-order valence-electron chi connectivity index (χ4n) is 2.15. The molecule has 0 aliphatic heterocycles. The van der Waals surface area contributed by atoms with Crippen LogP contribution in [0.2, 0.25) is 5.02 Å². The Labute approximate surface area is 170 Å². The van der Waals surface area contributed by atoms with E-state index in [1.165, 1.54) is 23.9 Å². The van der Waals surface area contributed by atoms with Gasteiger partial charge in [-0.3, -0.25) is 9.59 Å². The molecule has 1 aromatic rings. The van der Waals surface area contributed by atoms with E-state index in [-0.39, 0.29) is 34.6 Å². The number of hydrogen-bond donors (Lipinski definition) is 1. The molecular weight excluding hydrogens is 389 g/mol. The zero-order valence-corrected chi connectivity index (χ0v) is 18.2. The van der Waals surface area contributed by atoms with Crippen molar-refractivity contribution in [1.82, 2.24) is 0 Å². The normalized spacial score (nSPS) is 14.3. The van der Waals surface area contributed by atoms with Crippen LogP contribution in [0.4, 0.5) is 10.1 Å². The Balaban J connectivity index is 3.03. The molecule has 0 saturated carbocycles. The molecule has 0 saturated heterocycles. The molecule has 0 aliphatic rings. The predicted octanol–water partition coefficient (Wildman–Crippen LogP) is 6.07. The molecule has 1 aromatic carbocycles. The summed E-state index contributed by atoms with van der Waals surface area (Å²) >= 11 is 7.42. The standard InChI is InChI=1S/C20H29ClFNO3S/c1-6-9-17(20(25)26-13(5)8-3)27-18-11-16(15(22)10-14(18)21)23-19(24)12(4)7-2/h10-13,17H,6-9H2,1-5H3,(H,23,24). The third kappa shape index (κ3) is 7.34. The first-order valence-corrected chi connectivity index (χ1v) is 10.7. The van der Waals surface area contributed by atoms with Crippen molar-refractivity contribution >= 4 is 40.9 Å². The van der Waals surface area contributed by atoms with Crippen molar-refractivity contribution in [3.05, 3.63) is 23.0 Å². The Bertz CT molecular complexity index is 656. The molecule has 7 heteroatoms. The second-order valence-electron chi connectivity index (χ2n) is 6.61. The van der Waals surface area contributed by atoms with E-state index in [0.29, 0.717) is 17.7 Å². The quantitative estimate of drug-likeness (QED) is 0.371. The van der Waals surface area contributed by atoms with Gasteiger partial charge in [0.2, 0.25) is 5.91 Å². The lowest BCUT2D eigenvalue weighted by Crippen LogP contribution is -2.24. The number of hydrogen-bond acceptors (Lipinski definition) is 4. The van der Waals surface area contributed by atoms with Crippen LogP contribution in [0.5, 0.6) is 0 Å². The second kappa shape index (κ2) is 11.5. The van der Waals surface area contributed by atoms with Crippen molar-refractivity contribution in [3.63, 3.8) is 0 Å². The molecule has 1 rings (SSSR count). The largest absolute Gasteiger partial charge is 0.462 e. The van der Waals surface area contributed by atoms with Crippen LogP contribution in [0.15, 0.2) is 17.0 Å². The van der Waals surface area contributed by atoms with Crippen LogP contribution in [0.25, 0.3) is 0 Å². The van der Waals surface area contributed by atoms with Crippen LogP contribution in [-0.4, -0.2) is 23.2 Å². The highest BCUT2D eigenvalue weighted by Crippen LogP contribution is 2.36. The van der Waals surface area contributed by atoms with Gasteiger partial charge in [-0.25, -0.2) is 4.39 Å². The molecule has 3 unspecified atom stereocenters. The van der Waals surface area contributed by atoms with Crippen LogP contribution >= 0.6 is 23.4 Å². The summed E-state index contributed by atoms with van der Waals surface area (Å²) in [4.78, 5) is 25.1. The van der Waals surface area contributed by atoms with Crippen LogP contribution in [0.3, 0.4) is 0 Å². The molecule has 0 fully saturated rings. The molecular formula is C20H29ClFNO3S. The number of anilines is 1. The van der Waals surface area contributed by atoms with Crippen LogP contribution in [-0.2, 0) is 14.3 Å². The first-order chi connectivity index (χ1) is 12.7. The molecule has 3 atom stereocenters. The topological polar surface area (TPSA) is 55.4 Å². The zero-order valence-electron chi connectivity index (χ0n) is 16.6. The molecule has 0 heterocycles. The summed E-state index contributed by atoms with van der Waals surface area (Å²) in [7, 11) is 0. The van der Waals surface area contributed by atoms with Gasteiger partial charge in [-0.15, -0.1) is 11.8 Å². The molecule has 0 bridgehead atoms. The number of rotatable bonds is 10. The summed E-state index contributed by atoms with van der Waals surface area (Å²) < 4.78 is 19.7. The lowest BCUT2D eigenvalue weighted by molar-refractivity contribution is -0.147. The highest BCUT2D eigenvalue weighted by molar-refractivity contribution is 8.00. The summed E-state index contributed by atoms with van der Waals surface area (Å²) in [6.07, 6.45) is 2.64. The maximum atomic E-state index is 14.2. The Kier molecular flexibility index (Phi) is 10.2. The average molecular weight is 418 g/mol. The van der Waals surface area contributed by atoms with Gasteiger partial charge < -0.3 is 10.1 Å². The van der Waals surface area contributed by atoms with E-state index in [0.717, 1.165) is 12.8 Å². The van der Waals surface area contributed by atoms with Crippen LogP contribution < -0.4 is 5.32 Å². The number of halogens is 2. The number of carbonyl (C=O) groups excluding carboxylic acids is 2. The minimum absolute atomic E-state index is 0.0674. The number of nitrogens with one attached hydrogen (secondary N) is 1. The van der Waals surface area contributed by atoms with Crippen molar-refractivity contribution in [1.29, 1.82) is 0 Å². The molecule has 27 heavy (non-hydrogen) atoms. The smallest absolute Gasteiger partial charge is 0.319 e. The maximum Gasteiger partial charge on any atom is 0.319 e. The van der Waals surface area contributed by atoms with E-state index in [2.05, 4.69) is 5.32 Å². The summed E-state index contributed by atoms with van der Waals surface area (Å²) in [5.74, 6) is -1.39. The number of esters is 1. The number of benzene rings is 1. The maximum absolute atomic E-state index is 14.2. The Morgan fingerprint density at radius 2 is 1.89 bits per heavy atom. The van der Waals surface area contributed by atoms with Gasteiger partial charge in [-0.1, -0.05) is 45.7 Å². The third-order valence-electron chi connectivity index (χ3n) is 4.31. The molecule has 1 amide bonds. The second-order valence-corrected chi connectivity index (χ2v) is 8.26. The number of carbonyl (C=O) groups is 2. The van der Waals surface area contributed by atoms with Gasteiger partial charge in [0.1, 0.15) is 11.1 Å². The van der Waals surface area contributed by atoms with Crippen molar-refractivity contribution < 1.29 is 18.7 Å². The first-order valence-electron chi connectivity index (χ1n) is 9.40. The van der Waals surface area contributed by atoms with E-state index >= 15 is 0 Å². The molecule has 0 radical (unpaired) electrons. The highest BCUT2D eigenvalue weighted by atomic mass is 35.5. The zero-order chi connectivity index (χ0) is 20.6. The number of thioether (sulfide) groups is 1. The van der Waals surface area contributed by atoms with Crippen molar-refractivity contribution in [2.45, 2.75) is 76.6 Å². The molecule has 0 aromatic heterocycles. The van der Waals surface area contributed by atoms with Gasteiger partial charge in [0, 0.05) is 10.8 Å². The molecule has 152 valence electrons. The summed E-state index contributed by atoms with van der Waals surface area (Å²) in [5, 5.41) is 2.37. The average Bonchev–Trinajstić information content (AvgIpc) is 2.63. The van der Waals surface area contributed by atoms with Gasteiger partial charge in [0.15, 0.2) is 0 Å². The fraction of sp³-hybridized carbons (Fsp3) is 0.600. The Hall–Kier alpha value is -1.27. The molecule has 4 nitrogen and oxygen atoms in total. The molecule has 0 aliphatic carbocycles. The fourth-order valence-corrected chi connectivity index (χ4v) is 3.61. The minimum Gasteiger partial charge on any atom is -0.462 e. The van der Waals surface area contributed by atoms with Gasteiger partial charge in [-0.2, -0.15) is 0 Å². The Morgan fingerprint density at radius 3 is 2.44 bits per heavy atom. The van der Waals surface area contributed by atoms with Gasteiger partial charge >= 0.3 is 5.97 Å². The lowest BCUT2D eigenvalue weighted by Gasteiger charge is -2.19. The SMILES string of the molecule is CCCC(Sc1cc(NC(=O)C(C)CC)c(F)cc1Cl)C(=O)OC(C)CC. The summed E-state index contributed by atoms with van der Waals surface area (Å²) in [6.45, 7) is 9.44. The summed E-state index contributed by atoms with van der Waals surface area (Å²) in [6, 6.07) is 2.65. The van der Waals surface area contributed by atoms with Gasteiger partial charge in [0.05, 0.1) is 16.8 Å². The van der Waals surface area contributed by atoms with E-state index in [1.54, 1.807) is 6.92 Å². The Morgan fingerprint density at radius 1 is 1.22 bits per heavy atom. The first kappa shape index (κ1) is 23.8. The van der Waals surface area contributed by atoms with Crippen molar-refractivity contribution in [2.24, 2.45) is 5.92 Å². The van der Waals surface area contributed by atoms with E-state index in [9.17, 15) is 14.0 Å².